The lowest BCUT2D eigenvalue weighted by molar-refractivity contribution is 0.172. The number of fused-ring (bicyclic) bond motifs is 1. The minimum atomic E-state index is -0.319. The highest BCUT2D eigenvalue weighted by atomic mass is 16.3. The van der Waals surface area contributed by atoms with Crippen molar-refractivity contribution in [1.29, 1.82) is 0 Å². The second-order valence-electron chi connectivity index (χ2n) is 5.55. The molecule has 2 N–H and O–H groups in total. The molecule has 1 aliphatic rings. The Bertz CT molecular complexity index is 392. The quantitative estimate of drug-likeness (QED) is 0.834. The zero-order valence-corrected chi connectivity index (χ0v) is 11.6. The number of nitrogens with one attached hydrogen (secondary N) is 1. The molecule has 0 saturated heterocycles. The van der Waals surface area contributed by atoms with Gasteiger partial charge in [-0.1, -0.05) is 32.0 Å². The summed E-state index contributed by atoms with van der Waals surface area (Å²) in [4.78, 5) is 2.32. The highest BCUT2D eigenvalue weighted by molar-refractivity contribution is 5.59. The van der Waals surface area contributed by atoms with Crippen LogP contribution in [0.5, 0.6) is 0 Å². The van der Waals surface area contributed by atoms with Crippen molar-refractivity contribution in [1.82, 2.24) is 5.32 Å². The number of benzene rings is 1. The van der Waals surface area contributed by atoms with Gasteiger partial charge in [-0.2, -0.15) is 0 Å². The Labute approximate surface area is 110 Å². The predicted octanol–water partition coefficient (Wildman–Crippen LogP) is 1.80. The van der Waals surface area contributed by atoms with Gasteiger partial charge in [-0.05, 0) is 25.0 Å². The van der Waals surface area contributed by atoms with Crippen LogP contribution in [0, 0.1) is 0 Å². The lowest BCUT2D eigenvalue weighted by Gasteiger charge is -2.28. The molecule has 0 spiro atoms. The first-order valence-electron chi connectivity index (χ1n) is 6.84. The zero-order valence-electron chi connectivity index (χ0n) is 11.6. The van der Waals surface area contributed by atoms with Crippen LogP contribution in [0.15, 0.2) is 24.3 Å². The van der Waals surface area contributed by atoms with Crippen molar-refractivity contribution in [2.24, 2.45) is 0 Å². The van der Waals surface area contributed by atoms with Crippen molar-refractivity contribution in [3.63, 3.8) is 0 Å². The van der Waals surface area contributed by atoms with E-state index in [0.717, 1.165) is 6.42 Å². The highest BCUT2D eigenvalue weighted by Gasteiger charge is 2.26. The molecule has 100 valence electrons. The Morgan fingerprint density at radius 1 is 1.39 bits per heavy atom. The Morgan fingerprint density at radius 2 is 2.11 bits per heavy atom. The maximum absolute atomic E-state index is 10.1. The summed E-state index contributed by atoms with van der Waals surface area (Å²) in [5.74, 6) is 0. The standard InChI is InChI=1S/C15H24N2O/c1-11(2)16-9-14(18)10-17-12(3)8-13-6-4-5-7-15(13)17/h4-7,11-12,14,16,18H,8-10H2,1-3H3. The van der Waals surface area contributed by atoms with E-state index in [2.05, 4.69) is 55.3 Å². The number of nitrogens with zero attached hydrogens (tertiary/aromatic N) is 1. The average Bonchev–Trinajstić information content (AvgIpc) is 2.64. The number of hydrogen-bond acceptors (Lipinski definition) is 3. The number of aliphatic hydroxyl groups is 1. The molecule has 2 unspecified atom stereocenters. The van der Waals surface area contributed by atoms with Crippen molar-refractivity contribution in [2.45, 2.75) is 45.4 Å². The lowest BCUT2D eigenvalue weighted by atomic mass is 10.1. The molecule has 0 saturated carbocycles. The Hall–Kier alpha value is -1.06. The van der Waals surface area contributed by atoms with Crippen LogP contribution >= 0.6 is 0 Å². The third-order valence-corrected chi connectivity index (χ3v) is 3.52. The number of para-hydroxylation sites is 1. The molecule has 1 heterocycles. The van der Waals surface area contributed by atoms with Crippen molar-refractivity contribution in [2.75, 3.05) is 18.0 Å². The van der Waals surface area contributed by atoms with Crippen molar-refractivity contribution in [3.05, 3.63) is 29.8 Å². The maximum Gasteiger partial charge on any atom is 0.0839 e. The van der Waals surface area contributed by atoms with Gasteiger partial charge < -0.3 is 15.3 Å². The largest absolute Gasteiger partial charge is 0.390 e. The molecule has 0 amide bonds. The molecule has 1 aromatic carbocycles. The van der Waals surface area contributed by atoms with Crippen LogP contribution in [-0.4, -0.2) is 36.4 Å². The first-order chi connectivity index (χ1) is 8.58. The molecule has 1 aromatic rings. The van der Waals surface area contributed by atoms with Gasteiger partial charge in [-0.3, -0.25) is 0 Å². The molecule has 1 aliphatic heterocycles. The molecule has 0 bridgehead atoms. The molecule has 0 aliphatic carbocycles. The topological polar surface area (TPSA) is 35.5 Å². The summed E-state index contributed by atoms with van der Waals surface area (Å²) in [5, 5.41) is 13.4. The molecular weight excluding hydrogens is 224 g/mol. The van der Waals surface area contributed by atoms with Crippen LogP contribution in [0.25, 0.3) is 0 Å². The van der Waals surface area contributed by atoms with E-state index in [0.29, 0.717) is 25.2 Å². The van der Waals surface area contributed by atoms with Gasteiger partial charge in [-0.25, -0.2) is 0 Å². The van der Waals surface area contributed by atoms with Gasteiger partial charge in [-0.15, -0.1) is 0 Å². The van der Waals surface area contributed by atoms with Crippen molar-refractivity contribution in [3.8, 4) is 0 Å². The minimum absolute atomic E-state index is 0.319. The average molecular weight is 248 g/mol. The summed E-state index contributed by atoms with van der Waals surface area (Å²) in [7, 11) is 0. The molecule has 2 rings (SSSR count). The summed E-state index contributed by atoms with van der Waals surface area (Å²) in [6, 6.07) is 9.40. The first kappa shape index (κ1) is 13.4. The summed E-state index contributed by atoms with van der Waals surface area (Å²) in [6.45, 7) is 7.78. The second-order valence-corrected chi connectivity index (χ2v) is 5.55. The van der Waals surface area contributed by atoms with Gasteiger partial charge >= 0.3 is 0 Å². The summed E-state index contributed by atoms with van der Waals surface area (Å²) >= 11 is 0. The van der Waals surface area contributed by atoms with E-state index in [1.807, 2.05) is 0 Å². The van der Waals surface area contributed by atoms with E-state index in [4.69, 9.17) is 0 Å². The molecule has 2 atom stereocenters. The summed E-state index contributed by atoms with van der Waals surface area (Å²) in [5.41, 5.74) is 2.68. The Balaban J connectivity index is 1.97. The molecule has 0 radical (unpaired) electrons. The zero-order chi connectivity index (χ0) is 13.1. The summed E-state index contributed by atoms with van der Waals surface area (Å²) in [6.07, 6.45) is 0.765. The van der Waals surface area contributed by atoms with Crippen LogP contribution in [0.3, 0.4) is 0 Å². The molecular formula is C15H24N2O. The third-order valence-electron chi connectivity index (χ3n) is 3.52. The van der Waals surface area contributed by atoms with Gasteiger partial charge in [0.1, 0.15) is 0 Å². The number of aliphatic hydroxyl groups excluding tert-OH is 1. The van der Waals surface area contributed by atoms with E-state index < -0.39 is 0 Å². The van der Waals surface area contributed by atoms with Gasteiger partial charge in [0.15, 0.2) is 0 Å². The molecule has 3 nitrogen and oxygen atoms in total. The highest BCUT2D eigenvalue weighted by Crippen LogP contribution is 2.31. The number of β-amino-alcohol motifs (C(OH)–C–C–N with tert-alkyl or cyclic N) is 1. The predicted molar refractivity (Wildman–Crippen MR) is 76.1 cm³/mol. The molecule has 3 heteroatoms. The van der Waals surface area contributed by atoms with Gasteiger partial charge in [0.25, 0.3) is 0 Å². The van der Waals surface area contributed by atoms with Gasteiger partial charge in [0.2, 0.25) is 0 Å². The monoisotopic (exact) mass is 248 g/mol. The SMILES string of the molecule is CC(C)NCC(O)CN1c2ccccc2CC1C. The van der Waals surface area contributed by atoms with Crippen LogP contribution < -0.4 is 10.2 Å². The van der Waals surface area contributed by atoms with Crippen LogP contribution in [0.1, 0.15) is 26.3 Å². The fourth-order valence-electron chi connectivity index (χ4n) is 2.57. The Morgan fingerprint density at radius 3 is 2.83 bits per heavy atom. The normalized spacial score (nSPS) is 20.3. The first-order valence-corrected chi connectivity index (χ1v) is 6.84. The smallest absolute Gasteiger partial charge is 0.0839 e. The van der Waals surface area contributed by atoms with Crippen molar-refractivity contribution >= 4 is 5.69 Å². The minimum Gasteiger partial charge on any atom is -0.390 e. The summed E-state index contributed by atoms with van der Waals surface area (Å²) < 4.78 is 0. The number of rotatable bonds is 5. The van der Waals surface area contributed by atoms with E-state index in [1.165, 1.54) is 11.3 Å². The fourth-order valence-corrected chi connectivity index (χ4v) is 2.57. The van der Waals surface area contributed by atoms with E-state index in [1.54, 1.807) is 0 Å². The molecule has 18 heavy (non-hydrogen) atoms. The second kappa shape index (κ2) is 5.72. The van der Waals surface area contributed by atoms with E-state index in [9.17, 15) is 5.11 Å². The van der Waals surface area contributed by atoms with Crippen LogP contribution in [0.4, 0.5) is 5.69 Å². The lowest BCUT2D eigenvalue weighted by Crippen LogP contribution is -2.42. The molecule has 0 fully saturated rings. The van der Waals surface area contributed by atoms with E-state index >= 15 is 0 Å². The third kappa shape index (κ3) is 3.03. The van der Waals surface area contributed by atoms with Crippen molar-refractivity contribution < 1.29 is 5.11 Å². The van der Waals surface area contributed by atoms with Gasteiger partial charge in [0, 0.05) is 30.9 Å². The number of anilines is 1. The van der Waals surface area contributed by atoms with Gasteiger partial charge in [0.05, 0.1) is 6.10 Å². The van der Waals surface area contributed by atoms with E-state index in [-0.39, 0.29) is 6.10 Å². The fraction of sp³-hybridized carbons (Fsp3) is 0.600. The van der Waals surface area contributed by atoms with Crippen LogP contribution in [0.2, 0.25) is 0 Å². The maximum atomic E-state index is 10.1. The number of hydrogen-bond donors (Lipinski definition) is 2. The Kier molecular flexibility index (Phi) is 4.25. The molecule has 0 aromatic heterocycles. The van der Waals surface area contributed by atoms with Crippen LogP contribution in [-0.2, 0) is 6.42 Å².